The molecule has 0 saturated carbocycles. The Morgan fingerprint density at radius 1 is 1.14 bits per heavy atom. The highest BCUT2D eigenvalue weighted by molar-refractivity contribution is 5.36. The van der Waals surface area contributed by atoms with Crippen LogP contribution in [-0.4, -0.2) is 18.3 Å². The Morgan fingerprint density at radius 3 is 2.52 bits per heavy atom. The summed E-state index contributed by atoms with van der Waals surface area (Å²) in [5.74, 6) is -0.260. The molecule has 3 heteroatoms. The molecule has 0 bridgehead atoms. The van der Waals surface area contributed by atoms with Gasteiger partial charge in [0.2, 0.25) is 0 Å². The molecule has 2 aromatic rings. The minimum Gasteiger partial charge on any atom is -0.395 e. The van der Waals surface area contributed by atoms with Crippen molar-refractivity contribution in [2.24, 2.45) is 5.73 Å². The summed E-state index contributed by atoms with van der Waals surface area (Å²) in [5.41, 5.74) is 9.42. The third-order valence-corrected chi connectivity index (χ3v) is 4.16. The lowest BCUT2D eigenvalue weighted by molar-refractivity contribution is 0.196. The fraction of sp³-hybridized carbons (Fsp3) is 0.333. The Morgan fingerprint density at radius 2 is 1.90 bits per heavy atom. The van der Waals surface area contributed by atoms with Gasteiger partial charge in [0.05, 0.1) is 6.61 Å². The largest absolute Gasteiger partial charge is 0.395 e. The van der Waals surface area contributed by atoms with Gasteiger partial charge in [-0.2, -0.15) is 0 Å². The van der Waals surface area contributed by atoms with Crippen LogP contribution in [0.4, 0.5) is 4.39 Å². The first-order chi connectivity index (χ1) is 10.0. The SMILES string of the molecule is Cc1cccc(C(CN)(CO)Cc2cc(F)ccc2C)c1. The van der Waals surface area contributed by atoms with Gasteiger partial charge in [-0.15, -0.1) is 0 Å². The zero-order chi connectivity index (χ0) is 15.5. The van der Waals surface area contributed by atoms with E-state index in [0.29, 0.717) is 13.0 Å². The van der Waals surface area contributed by atoms with E-state index in [-0.39, 0.29) is 12.4 Å². The molecule has 2 nitrogen and oxygen atoms in total. The molecule has 0 spiro atoms. The number of hydrogen-bond donors (Lipinski definition) is 2. The number of aryl methyl sites for hydroxylation is 2. The maximum atomic E-state index is 13.5. The predicted octanol–water partition coefficient (Wildman–Crippen LogP) is 2.87. The van der Waals surface area contributed by atoms with E-state index in [0.717, 1.165) is 22.3 Å². The van der Waals surface area contributed by atoms with Crippen molar-refractivity contribution in [1.29, 1.82) is 0 Å². The van der Waals surface area contributed by atoms with E-state index in [1.165, 1.54) is 12.1 Å². The third kappa shape index (κ3) is 3.31. The van der Waals surface area contributed by atoms with Gasteiger partial charge < -0.3 is 10.8 Å². The minimum absolute atomic E-state index is 0.0666. The van der Waals surface area contributed by atoms with Crippen LogP contribution in [0, 0.1) is 19.7 Å². The van der Waals surface area contributed by atoms with Crippen LogP contribution < -0.4 is 5.73 Å². The molecule has 0 fully saturated rings. The molecule has 112 valence electrons. The average Bonchev–Trinajstić information content (AvgIpc) is 2.48. The van der Waals surface area contributed by atoms with Crippen molar-refractivity contribution >= 4 is 0 Å². The van der Waals surface area contributed by atoms with Gasteiger partial charge in [0, 0.05) is 12.0 Å². The second-order valence-electron chi connectivity index (χ2n) is 5.76. The Bertz CT molecular complexity index is 620. The third-order valence-electron chi connectivity index (χ3n) is 4.16. The normalized spacial score (nSPS) is 14.0. The topological polar surface area (TPSA) is 46.2 Å². The van der Waals surface area contributed by atoms with E-state index in [4.69, 9.17) is 5.73 Å². The van der Waals surface area contributed by atoms with E-state index >= 15 is 0 Å². The molecule has 0 aliphatic rings. The molecule has 0 aromatic heterocycles. The molecular formula is C18H22FNO. The van der Waals surface area contributed by atoms with Crippen molar-refractivity contribution in [3.8, 4) is 0 Å². The first-order valence-electron chi connectivity index (χ1n) is 7.14. The summed E-state index contributed by atoms with van der Waals surface area (Å²) < 4.78 is 13.5. The molecule has 0 radical (unpaired) electrons. The van der Waals surface area contributed by atoms with Crippen molar-refractivity contribution in [3.05, 3.63) is 70.5 Å². The molecular weight excluding hydrogens is 265 g/mol. The molecule has 0 saturated heterocycles. The highest BCUT2D eigenvalue weighted by Gasteiger charge is 2.31. The van der Waals surface area contributed by atoms with Gasteiger partial charge in [-0.25, -0.2) is 4.39 Å². The van der Waals surface area contributed by atoms with Gasteiger partial charge in [-0.1, -0.05) is 35.9 Å². The lowest BCUT2D eigenvalue weighted by Gasteiger charge is -2.32. The zero-order valence-corrected chi connectivity index (χ0v) is 12.6. The standard InChI is InChI=1S/C18H22FNO/c1-13-4-3-5-16(8-13)18(11-20,12-21)10-15-9-17(19)7-6-14(15)2/h3-9,21H,10-12,20H2,1-2H3. The molecule has 1 atom stereocenters. The van der Waals surface area contributed by atoms with Crippen LogP contribution in [-0.2, 0) is 11.8 Å². The molecule has 0 amide bonds. The maximum Gasteiger partial charge on any atom is 0.123 e. The van der Waals surface area contributed by atoms with Gasteiger partial charge >= 0.3 is 0 Å². The average molecular weight is 287 g/mol. The van der Waals surface area contributed by atoms with Crippen LogP contribution in [0.5, 0.6) is 0 Å². The number of benzene rings is 2. The Kier molecular flexibility index (Phi) is 4.76. The second-order valence-corrected chi connectivity index (χ2v) is 5.76. The van der Waals surface area contributed by atoms with E-state index in [1.54, 1.807) is 6.07 Å². The fourth-order valence-corrected chi connectivity index (χ4v) is 2.67. The van der Waals surface area contributed by atoms with Crippen molar-refractivity contribution < 1.29 is 9.50 Å². The van der Waals surface area contributed by atoms with Gasteiger partial charge in [-0.3, -0.25) is 0 Å². The highest BCUT2D eigenvalue weighted by atomic mass is 19.1. The Balaban J connectivity index is 2.45. The van der Waals surface area contributed by atoms with Gasteiger partial charge in [0.1, 0.15) is 5.82 Å². The zero-order valence-electron chi connectivity index (χ0n) is 12.6. The first kappa shape index (κ1) is 15.7. The predicted molar refractivity (Wildman–Crippen MR) is 83.8 cm³/mol. The van der Waals surface area contributed by atoms with Crippen LogP contribution >= 0.6 is 0 Å². The number of nitrogens with two attached hydrogens (primary N) is 1. The van der Waals surface area contributed by atoms with Crippen molar-refractivity contribution in [1.82, 2.24) is 0 Å². The molecule has 21 heavy (non-hydrogen) atoms. The van der Waals surface area contributed by atoms with E-state index in [1.807, 2.05) is 38.1 Å². The lowest BCUT2D eigenvalue weighted by Crippen LogP contribution is -2.41. The van der Waals surface area contributed by atoms with Crippen LogP contribution in [0.15, 0.2) is 42.5 Å². The second kappa shape index (κ2) is 6.37. The van der Waals surface area contributed by atoms with Gasteiger partial charge in [0.15, 0.2) is 0 Å². The van der Waals surface area contributed by atoms with Crippen LogP contribution in [0.25, 0.3) is 0 Å². The summed E-state index contributed by atoms with van der Waals surface area (Å²) in [7, 11) is 0. The van der Waals surface area contributed by atoms with Crippen LogP contribution in [0.3, 0.4) is 0 Å². The minimum atomic E-state index is -0.579. The molecule has 3 N–H and O–H groups in total. The smallest absolute Gasteiger partial charge is 0.123 e. The molecule has 0 aliphatic carbocycles. The number of hydrogen-bond acceptors (Lipinski definition) is 2. The fourth-order valence-electron chi connectivity index (χ4n) is 2.67. The van der Waals surface area contributed by atoms with E-state index in [2.05, 4.69) is 0 Å². The number of halogens is 1. The van der Waals surface area contributed by atoms with Crippen LogP contribution in [0.1, 0.15) is 22.3 Å². The van der Waals surface area contributed by atoms with E-state index in [9.17, 15) is 9.50 Å². The Hall–Kier alpha value is -1.71. The molecule has 2 rings (SSSR count). The van der Waals surface area contributed by atoms with Crippen molar-refractivity contribution in [2.75, 3.05) is 13.2 Å². The summed E-state index contributed by atoms with van der Waals surface area (Å²) in [6, 6.07) is 12.7. The maximum absolute atomic E-state index is 13.5. The molecule has 1 unspecified atom stereocenters. The lowest BCUT2D eigenvalue weighted by atomic mass is 9.75. The molecule has 2 aromatic carbocycles. The number of rotatable bonds is 5. The van der Waals surface area contributed by atoms with E-state index < -0.39 is 5.41 Å². The summed E-state index contributed by atoms with van der Waals surface area (Å²) in [6.07, 6.45) is 0.521. The van der Waals surface area contributed by atoms with Crippen molar-refractivity contribution in [3.63, 3.8) is 0 Å². The van der Waals surface area contributed by atoms with Gasteiger partial charge in [0.25, 0.3) is 0 Å². The molecule has 0 aliphatic heterocycles. The summed E-state index contributed by atoms with van der Waals surface area (Å²) in [4.78, 5) is 0. The van der Waals surface area contributed by atoms with Crippen LogP contribution in [0.2, 0.25) is 0 Å². The number of aliphatic hydroxyl groups is 1. The monoisotopic (exact) mass is 287 g/mol. The van der Waals surface area contributed by atoms with Crippen molar-refractivity contribution in [2.45, 2.75) is 25.7 Å². The Labute approximate surface area is 125 Å². The molecule has 0 heterocycles. The van der Waals surface area contributed by atoms with Gasteiger partial charge in [-0.05, 0) is 49.1 Å². The highest BCUT2D eigenvalue weighted by Crippen LogP contribution is 2.29. The quantitative estimate of drug-likeness (QED) is 0.888. The number of aliphatic hydroxyl groups excluding tert-OH is 1. The summed E-state index contributed by atoms with van der Waals surface area (Å²) in [5, 5.41) is 9.97. The first-order valence-corrected chi connectivity index (χ1v) is 7.14. The summed E-state index contributed by atoms with van der Waals surface area (Å²) in [6.45, 7) is 4.20. The summed E-state index contributed by atoms with van der Waals surface area (Å²) >= 11 is 0.